The first kappa shape index (κ1) is 23.8. The topological polar surface area (TPSA) is 75.7 Å². The lowest BCUT2D eigenvalue weighted by molar-refractivity contribution is 0.00877. The molecule has 0 saturated carbocycles. The van der Waals surface area contributed by atoms with Crippen LogP contribution in [0.15, 0.2) is 36.4 Å². The fourth-order valence-electron chi connectivity index (χ4n) is 5.78. The van der Waals surface area contributed by atoms with Crippen LogP contribution in [0.1, 0.15) is 39.2 Å². The van der Waals surface area contributed by atoms with Crippen molar-refractivity contribution in [2.75, 3.05) is 41.7 Å². The molecule has 0 spiro atoms. The number of halogens is 1. The SMILES string of the molecule is COc1ccc2c(c1OC)C(=O)OC2[C@H]1c2c(c(-c3cccc(Cl)c3)c3c(c2OC)OCO3)CCN1C. The molecular weight excluding hydrogens is 498 g/mol. The van der Waals surface area contributed by atoms with Gasteiger partial charge in [0.25, 0.3) is 0 Å². The summed E-state index contributed by atoms with van der Waals surface area (Å²) < 4.78 is 34.9. The van der Waals surface area contributed by atoms with Crippen LogP contribution in [0.25, 0.3) is 11.1 Å². The van der Waals surface area contributed by atoms with Gasteiger partial charge in [0.1, 0.15) is 11.7 Å². The van der Waals surface area contributed by atoms with Crippen molar-refractivity contribution in [1.29, 1.82) is 0 Å². The number of rotatable bonds is 5. The minimum atomic E-state index is -0.604. The standard InChI is InChI=1S/C28H26ClNO7/c1-30-11-10-16-19(14-6-5-7-15(29)12-14)26-27(36-13-35-26)25(34-4)20(16)22(30)23-17-8-9-18(32-2)24(33-3)21(17)28(31)37-23/h5-9,12,22-23H,10-11,13H2,1-4H3/t22-,23?/m1/s1. The van der Waals surface area contributed by atoms with Crippen LogP contribution in [0.5, 0.6) is 28.7 Å². The van der Waals surface area contributed by atoms with E-state index in [1.807, 2.05) is 37.4 Å². The van der Waals surface area contributed by atoms with Gasteiger partial charge in [-0.2, -0.15) is 0 Å². The largest absolute Gasteiger partial charge is 0.493 e. The second kappa shape index (κ2) is 9.04. The normalized spacial score (nSPS) is 19.8. The molecule has 3 aromatic rings. The Hall–Kier alpha value is -3.62. The van der Waals surface area contributed by atoms with Gasteiger partial charge >= 0.3 is 5.97 Å². The van der Waals surface area contributed by atoms with E-state index in [0.717, 1.165) is 40.8 Å². The van der Waals surface area contributed by atoms with E-state index in [0.29, 0.717) is 39.3 Å². The van der Waals surface area contributed by atoms with E-state index in [2.05, 4.69) is 4.90 Å². The molecular formula is C28H26ClNO7. The summed E-state index contributed by atoms with van der Waals surface area (Å²) in [4.78, 5) is 15.4. The highest BCUT2D eigenvalue weighted by Crippen LogP contribution is 2.58. The van der Waals surface area contributed by atoms with Crippen LogP contribution in [0.2, 0.25) is 5.02 Å². The van der Waals surface area contributed by atoms with Crippen LogP contribution < -0.4 is 23.7 Å². The number of nitrogens with zero attached hydrogens (tertiary/aromatic N) is 1. The molecule has 9 heteroatoms. The molecule has 0 radical (unpaired) electrons. The second-order valence-corrected chi connectivity index (χ2v) is 9.58. The first-order valence-electron chi connectivity index (χ1n) is 11.9. The molecule has 37 heavy (non-hydrogen) atoms. The number of carbonyl (C=O) groups is 1. The average molecular weight is 524 g/mol. The number of ether oxygens (including phenoxy) is 6. The van der Waals surface area contributed by atoms with Gasteiger partial charge in [0.05, 0.1) is 27.4 Å². The molecule has 2 atom stereocenters. The van der Waals surface area contributed by atoms with E-state index >= 15 is 0 Å². The second-order valence-electron chi connectivity index (χ2n) is 9.14. The van der Waals surface area contributed by atoms with E-state index < -0.39 is 12.1 Å². The third-order valence-electron chi connectivity index (χ3n) is 7.33. The fraction of sp³-hybridized carbons (Fsp3) is 0.321. The van der Waals surface area contributed by atoms with Crippen molar-refractivity contribution in [2.45, 2.75) is 18.6 Å². The number of carbonyl (C=O) groups excluding carboxylic acids is 1. The average Bonchev–Trinajstić information content (AvgIpc) is 3.51. The lowest BCUT2D eigenvalue weighted by Gasteiger charge is -2.39. The Bertz CT molecular complexity index is 1420. The predicted octanol–water partition coefficient (Wildman–Crippen LogP) is 5.20. The Labute approximate surface area is 219 Å². The maximum absolute atomic E-state index is 13.2. The summed E-state index contributed by atoms with van der Waals surface area (Å²) in [6.45, 7) is 0.811. The number of benzene rings is 3. The van der Waals surface area contributed by atoms with Crippen molar-refractivity contribution in [3.63, 3.8) is 0 Å². The van der Waals surface area contributed by atoms with Crippen LogP contribution in [-0.2, 0) is 11.2 Å². The molecule has 3 heterocycles. The monoisotopic (exact) mass is 523 g/mol. The number of methoxy groups -OCH3 is 3. The lowest BCUT2D eigenvalue weighted by atomic mass is 9.81. The highest BCUT2D eigenvalue weighted by molar-refractivity contribution is 6.30. The van der Waals surface area contributed by atoms with Crippen molar-refractivity contribution in [1.82, 2.24) is 4.90 Å². The highest BCUT2D eigenvalue weighted by atomic mass is 35.5. The molecule has 3 aliphatic rings. The number of hydrogen-bond acceptors (Lipinski definition) is 8. The molecule has 0 N–H and O–H groups in total. The van der Waals surface area contributed by atoms with Crippen molar-refractivity contribution in [3.05, 3.63) is 63.7 Å². The Balaban J connectivity index is 1.60. The molecule has 6 rings (SSSR count). The van der Waals surface area contributed by atoms with Gasteiger partial charge in [-0.3, -0.25) is 4.90 Å². The number of fused-ring (bicyclic) bond motifs is 3. The van der Waals surface area contributed by atoms with Gasteiger partial charge in [-0.1, -0.05) is 29.8 Å². The van der Waals surface area contributed by atoms with E-state index in [1.165, 1.54) is 14.2 Å². The predicted molar refractivity (Wildman–Crippen MR) is 136 cm³/mol. The van der Waals surface area contributed by atoms with Gasteiger partial charge in [0.15, 0.2) is 23.0 Å². The quantitative estimate of drug-likeness (QED) is 0.422. The Morgan fingerprint density at radius 2 is 1.76 bits per heavy atom. The van der Waals surface area contributed by atoms with E-state index in [1.54, 1.807) is 13.2 Å². The zero-order valence-corrected chi connectivity index (χ0v) is 21.7. The molecule has 3 aliphatic heterocycles. The number of esters is 1. The summed E-state index contributed by atoms with van der Waals surface area (Å²) in [5.74, 6) is 2.13. The molecule has 0 amide bonds. The van der Waals surface area contributed by atoms with E-state index in [9.17, 15) is 4.79 Å². The Kier molecular flexibility index (Phi) is 5.81. The summed E-state index contributed by atoms with van der Waals surface area (Å²) in [6, 6.07) is 11.0. The van der Waals surface area contributed by atoms with Crippen molar-refractivity contribution in [3.8, 4) is 39.9 Å². The third-order valence-corrected chi connectivity index (χ3v) is 7.56. The van der Waals surface area contributed by atoms with Gasteiger partial charge in [-0.15, -0.1) is 0 Å². The zero-order chi connectivity index (χ0) is 25.8. The van der Waals surface area contributed by atoms with Crippen LogP contribution in [0.4, 0.5) is 0 Å². The summed E-state index contributed by atoms with van der Waals surface area (Å²) in [5.41, 5.74) is 4.90. The summed E-state index contributed by atoms with van der Waals surface area (Å²) in [7, 11) is 6.69. The zero-order valence-electron chi connectivity index (χ0n) is 20.9. The molecule has 0 bridgehead atoms. The maximum Gasteiger partial charge on any atom is 0.343 e. The van der Waals surface area contributed by atoms with E-state index in [-0.39, 0.29) is 12.8 Å². The minimum absolute atomic E-state index is 0.0842. The maximum atomic E-state index is 13.2. The summed E-state index contributed by atoms with van der Waals surface area (Å²) in [6.07, 6.45) is 0.129. The van der Waals surface area contributed by atoms with Crippen LogP contribution in [-0.4, -0.2) is 52.6 Å². The van der Waals surface area contributed by atoms with Gasteiger partial charge in [0, 0.05) is 28.3 Å². The smallest absolute Gasteiger partial charge is 0.343 e. The Morgan fingerprint density at radius 1 is 0.973 bits per heavy atom. The molecule has 0 aliphatic carbocycles. The molecule has 1 unspecified atom stereocenters. The summed E-state index contributed by atoms with van der Waals surface area (Å²) >= 11 is 6.38. The van der Waals surface area contributed by atoms with Crippen LogP contribution in [0.3, 0.4) is 0 Å². The number of cyclic esters (lactones) is 1. The van der Waals surface area contributed by atoms with Crippen molar-refractivity contribution >= 4 is 17.6 Å². The molecule has 3 aromatic carbocycles. The van der Waals surface area contributed by atoms with Crippen molar-refractivity contribution < 1.29 is 33.2 Å². The van der Waals surface area contributed by atoms with Crippen LogP contribution >= 0.6 is 11.6 Å². The Morgan fingerprint density at radius 3 is 2.49 bits per heavy atom. The van der Waals surface area contributed by atoms with Gasteiger partial charge in [-0.05, 0) is 42.8 Å². The minimum Gasteiger partial charge on any atom is -0.493 e. The van der Waals surface area contributed by atoms with Crippen molar-refractivity contribution in [2.24, 2.45) is 0 Å². The van der Waals surface area contributed by atoms with Crippen LogP contribution in [0, 0.1) is 0 Å². The summed E-state index contributed by atoms with van der Waals surface area (Å²) in [5, 5.41) is 0.624. The highest BCUT2D eigenvalue weighted by Gasteiger charge is 2.47. The van der Waals surface area contributed by atoms with Gasteiger partial charge < -0.3 is 28.4 Å². The molecule has 0 fully saturated rings. The third kappa shape index (κ3) is 3.50. The lowest BCUT2D eigenvalue weighted by Crippen LogP contribution is -2.36. The number of hydrogen-bond donors (Lipinski definition) is 0. The molecule has 0 saturated heterocycles. The first-order chi connectivity index (χ1) is 18.0. The number of likely N-dealkylation sites (N-methyl/N-ethyl adjacent to an activating group) is 1. The molecule has 8 nitrogen and oxygen atoms in total. The molecule has 192 valence electrons. The van der Waals surface area contributed by atoms with Gasteiger partial charge in [-0.25, -0.2) is 4.79 Å². The molecule has 0 aromatic heterocycles. The first-order valence-corrected chi connectivity index (χ1v) is 12.3. The van der Waals surface area contributed by atoms with E-state index in [4.69, 9.17) is 40.0 Å². The fourth-order valence-corrected chi connectivity index (χ4v) is 5.97. The van der Waals surface area contributed by atoms with Gasteiger partial charge in [0.2, 0.25) is 12.5 Å².